The highest BCUT2D eigenvalue weighted by atomic mass is 28.4. The van der Waals surface area contributed by atoms with Crippen molar-refractivity contribution in [1.82, 2.24) is 24.8 Å². The molecule has 55 heavy (non-hydrogen) atoms. The largest absolute Gasteiger partial charge is 0.497 e. The summed E-state index contributed by atoms with van der Waals surface area (Å²) in [5, 5.41) is 24.6. The number of carbonyl (C=O) groups is 1. The highest BCUT2D eigenvalue weighted by Crippen LogP contribution is 2.60. The van der Waals surface area contributed by atoms with E-state index in [0.29, 0.717) is 46.7 Å². The molecule has 1 amide bonds. The number of amides is 1. The molecule has 1 fully saturated rings. The van der Waals surface area contributed by atoms with Crippen molar-refractivity contribution in [3.63, 3.8) is 0 Å². The number of aryl methyl sites for hydroxylation is 1. The number of aliphatic hydroxyl groups excluding tert-OH is 1. The van der Waals surface area contributed by atoms with Crippen molar-refractivity contribution in [2.45, 2.75) is 62.7 Å². The van der Waals surface area contributed by atoms with Crippen LogP contribution in [0.2, 0.25) is 18.6 Å². The maximum absolute atomic E-state index is 16.5. The third-order valence-corrected chi connectivity index (χ3v) is 13.8. The van der Waals surface area contributed by atoms with Crippen molar-refractivity contribution in [1.29, 1.82) is 0 Å². The molecule has 282 valence electrons. The van der Waals surface area contributed by atoms with Gasteiger partial charge in [0.25, 0.3) is 11.5 Å². The summed E-state index contributed by atoms with van der Waals surface area (Å²) in [5.41, 5.74) is 2.21. The molecule has 6 aromatic rings. The van der Waals surface area contributed by atoms with Crippen LogP contribution in [-0.2, 0) is 28.2 Å². The Bertz CT molecular complexity index is 2420. The number of benzene rings is 4. The maximum Gasteiger partial charge on any atom is 0.279 e. The fraction of sp³-hybridized carbons (Fsp3) is 0.310. The molecular weight excluding hydrogens is 716 g/mol. The molecule has 1 N–H and O–H groups in total. The number of rotatable bonds is 11. The van der Waals surface area contributed by atoms with Crippen LogP contribution in [0.5, 0.6) is 5.75 Å². The van der Waals surface area contributed by atoms with Gasteiger partial charge in [0.2, 0.25) is 8.41 Å². The minimum Gasteiger partial charge on any atom is -0.497 e. The molecule has 0 saturated carbocycles. The van der Waals surface area contributed by atoms with Gasteiger partial charge in [0, 0.05) is 35.2 Å². The van der Waals surface area contributed by atoms with Gasteiger partial charge in [0.1, 0.15) is 5.75 Å². The van der Waals surface area contributed by atoms with Crippen LogP contribution in [0.3, 0.4) is 0 Å². The Kier molecular flexibility index (Phi) is 9.48. The third kappa shape index (κ3) is 6.35. The number of methoxy groups -OCH3 is 1. The Morgan fingerprint density at radius 3 is 2.47 bits per heavy atom. The molecule has 5 atom stereocenters. The zero-order valence-corrected chi connectivity index (χ0v) is 32.2. The highest BCUT2D eigenvalue weighted by molar-refractivity contribution is 6.72. The van der Waals surface area contributed by atoms with Gasteiger partial charge in [-0.15, -0.1) is 5.10 Å². The number of halogens is 1. The quantitative estimate of drug-likeness (QED) is 0.117. The van der Waals surface area contributed by atoms with Gasteiger partial charge in [0.15, 0.2) is 5.60 Å². The molecule has 2 aliphatic rings. The first-order chi connectivity index (χ1) is 26.5. The lowest BCUT2D eigenvalue weighted by atomic mass is 9.82. The molecule has 8 rings (SSSR count). The molecule has 1 saturated heterocycles. The first kappa shape index (κ1) is 36.5. The lowest BCUT2D eigenvalue weighted by molar-refractivity contribution is -0.146. The van der Waals surface area contributed by atoms with Gasteiger partial charge in [-0.25, -0.2) is 0 Å². The summed E-state index contributed by atoms with van der Waals surface area (Å²) in [6.45, 7) is 5.81. The number of hydrogen-bond donors (Lipinski definition) is 1. The van der Waals surface area contributed by atoms with Gasteiger partial charge < -0.3 is 23.6 Å². The monoisotopic (exact) mass is 758 g/mol. The zero-order chi connectivity index (χ0) is 38.5. The normalized spacial score (nSPS) is 21.4. The molecule has 0 bridgehead atoms. The summed E-state index contributed by atoms with van der Waals surface area (Å²) >= 11 is 0. The third-order valence-electron chi connectivity index (χ3n) is 11.3. The predicted octanol–water partition coefficient (Wildman–Crippen LogP) is 6.52. The number of carbonyl (C=O) groups excluding carboxylic acids is 1. The lowest BCUT2D eigenvalue weighted by Gasteiger charge is -2.31. The molecule has 4 aromatic carbocycles. The van der Waals surface area contributed by atoms with E-state index in [1.54, 1.807) is 42.0 Å². The maximum atomic E-state index is 16.5. The first-order valence-electron chi connectivity index (χ1n) is 18.5. The summed E-state index contributed by atoms with van der Waals surface area (Å²) < 4.78 is 32.2. The van der Waals surface area contributed by atoms with Crippen LogP contribution in [0.4, 0.5) is 9.80 Å². The summed E-state index contributed by atoms with van der Waals surface area (Å²) in [7, 11) is -1.84. The van der Waals surface area contributed by atoms with Gasteiger partial charge in [-0.2, -0.15) is 9.78 Å². The van der Waals surface area contributed by atoms with Crippen LogP contribution in [0.15, 0.2) is 114 Å². The predicted molar refractivity (Wildman–Crippen MR) is 210 cm³/mol. The minimum absolute atomic E-state index is 0.120. The van der Waals surface area contributed by atoms with Crippen LogP contribution in [0.1, 0.15) is 41.6 Å². The fourth-order valence-electron chi connectivity index (χ4n) is 8.68. The molecule has 1 spiro atoms. The summed E-state index contributed by atoms with van der Waals surface area (Å²) in [5.74, 6) is -0.481. The van der Waals surface area contributed by atoms with Crippen molar-refractivity contribution < 1.29 is 23.5 Å². The number of nitrogens with zero attached hydrogens (tertiary/aromatic N) is 6. The Balaban J connectivity index is 1.08. The van der Waals surface area contributed by atoms with Crippen LogP contribution in [0.25, 0.3) is 16.5 Å². The number of ether oxygens (including phenoxy) is 2. The van der Waals surface area contributed by atoms with Gasteiger partial charge in [-0.3, -0.25) is 14.3 Å². The van der Waals surface area contributed by atoms with Crippen molar-refractivity contribution in [2.75, 3.05) is 18.6 Å². The van der Waals surface area contributed by atoms with Gasteiger partial charge in [-0.05, 0) is 67.0 Å². The first-order valence-corrected chi connectivity index (χ1v) is 21.5. The van der Waals surface area contributed by atoms with Crippen molar-refractivity contribution in [3.8, 4) is 11.4 Å². The van der Waals surface area contributed by atoms with E-state index in [-0.39, 0.29) is 30.5 Å². The lowest BCUT2D eigenvalue weighted by Crippen LogP contribution is -2.45. The van der Waals surface area contributed by atoms with Crippen LogP contribution in [0, 0.1) is 5.92 Å². The van der Waals surface area contributed by atoms with Crippen LogP contribution >= 0.6 is 0 Å². The average molecular weight is 759 g/mol. The number of hydrogen-bond acceptors (Lipinski definition) is 8. The van der Waals surface area contributed by atoms with E-state index in [1.807, 2.05) is 104 Å². The highest BCUT2D eigenvalue weighted by Gasteiger charge is 2.66. The molecule has 0 radical (unpaired) electrons. The second-order valence-corrected chi connectivity index (χ2v) is 18.8. The van der Waals surface area contributed by atoms with Crippen molar-refractivity contribution in [2.24, 2.45) is 5.92 Å². The Morgan fingerprint density at radius 1 is 1.00 bits per heavy atom. The van der Waals surface area contributed by atoms with E-state index in [2.05, 4.69) is 15.4 Å². The second kappa shape index (κ2) is 14.3. The Morgan fingerprint density at radius 2 is 1.75 bits per heavy atom. The van der Waals surface area contributed by atoms with Crippen molar-refractivity contribution >= 4 is 30.8 Å². The van der Waals surface area contributed by atoms with E-state index < -0.39 is 31.6 Å². The second-order valence-electron chi connectivity index (χ2n) is 15.0. The Labute approximate surface area is 319 Å². The van der Waals surface area contributed by atoms with E-state index >= 15 is 4.11 Å². The zero-order valence-electron chi connectivity index (χ0n) is 31.2. The number of anilines is 1. The molecule has 2 aliphatic heterocycles. The summed E-state index contributed by atoms with van der Waals surface area (Å²) in [4.78, 5) is 29.9. The van der Waals surface area contributed by atoms with Gasteiger partial charge >= 0.3 is 0 Å². The fourth-order valence-corrected chi connectivity index (χ4v) is 11.2. The van der Waals surface area contributed by atoms with E-state index in [1.165, 1.54) is 4.68 Å². The number of fused-ring (bicyclic) bond motifs is 3. The molecule has 11 nitrogen and oxygen atoms in total. The smallest absolute Gasteiger partial charge is 0.279 e. The van der Waals surface area contributed by atoms with E-state index in [4.69, 9.17) is 9.47 Å². The topological polar surface area (TPSA) is 125 Å². The number of aromatic nitrogens is 5. The standard InChI is InChI=1S/C42H43FN6O5Si/c1-27-39(55(3,4)43)38(20-21-47-25-36(45-46-47)34(26-50)29-10-6-5-7-11-29)54-42(27)35-22-32(53-2)18-19-37(35)48(41(42)52)24-28-14-16-31(17-15-28)49-40(51)33-13-9-8-12-30(33)23-44-49/h5-19,22-23,25,27,34,38-39,50H,20-21,24,26H2,1-4H3/t27-,34?,38+,39-,42+/m1/s1. The molecule has 0 aliphatic carbocycles. The van der Waals surface area contributed by atoms with Gasteiger partial charge in [0.05, 0.1) is 60.9 Å². The molecule has 1 unspecified atom stereocenters. The van der Waals surface area contributed by atoms with Crippen LogP contribution < -0.4 is 15.2 Å². The molecule has 2 aromatic heterocycles. The Hall–Kier alpha value is -5.50. The summed E-state index contributed by atoms with van der Waals surface area (Å²) in [6.07, 6.45) is 3.32. The van der Waals surface area contributed by atoms with E-state index in [0.717, 1.165) is 16.5 Å². The van der Waals surface area contributed by atoms with Crippen LogP contribution in [-0.4, -0.2) is 64.0 Å². The summed E-state index contributed by atoms with van der Waals surface area (Å²) in [6, 6.07) is 29.9. The van der Waals surface area contributed by atoms with Gasteiger partial charge in [-0.1, -0.05) is 72.8 Å². The van der Waals surface area contributed by atoms with E-state index in [9.17, 15) is 14.7 Å². The number of aliphatic hydroxyl groups is 1. The minimum atomic E-state index is -3.41. The molecular formula is C42H43FN6O5Si. The SMILES string of the molecule is COc1ccc2c(c1)[C@]1(O[C@@H](CCn3cc(C(CO)c4ccccc4)nn3)[C@H]([Si](C)(C)F)[C@H]1C)C(=O)N2Cc1ccc(-n2ncc3ccccc3c2=O)cc1. The van der Waals surface area contributed by atoms with Crippen molar-refractivity contribution in [3.05, 3.63) is 142 Å². The molecule has 4 heterocycles. The molecule has 13 heteroatoms. The average Bonchev–Trinajstić information content (AvgIpc) is 3.85.